The maximum absolute atomic E-state index is 12.0. The van der Waals surface area contributed by atoms with Crippen molar-refractivity contribution in [2.75, 3.05) is 20.1 Å². The number of aryl methyl sites for hydroxylation is 1. The summed E-state index contributed by atoms with van der Waals surface area (Å²) in [5.41, 5.74) is 2.19. The van der Waals surface area contributed by atoms with Crippen LogP contribution in [0.15, 0.2) is 36.4 Å². The Labute approximate surface area is 157 Å². The van der Waals surface area contributed by atoms with Crippen LogP contribution in [0.25, 0.3) is 23.2 Å². The van der Waals surface area contributed by atoms with Crippen molar-refractivity contribution in [1.29, 1.82) is 0 Å². The van der Waals surface area contributed by atoms with Gasteiger partial charge in [0.2, 0.25) is 0 Å². The summed E-state index contributed by atoms with van der Waals surface area (Å²) in [5, 5.41) is 0. The third kappa shape index (κ3) is 3.12. The predicted octanol–water partition coefficient (Wildman–Crippen LogP) is 4.16. The number of aromatic nitrogens is 2. The molecule has 1 aliphatic heterocycles. The van der Waals surface area contributed by atoms with Crippen molar-refractivity contribution in [2.45, 2.75) is 20.0 Å². The highest BCUT2D eigenvalue weighted by Crippen LogP contribution is 2.23. The number of amides is 2. The summed E-state index contributed by atoms with van der Waals surface area (Å²) in [7, 11) is 1.85. The number of hydrogen-bond donors (Lipinski definition) is 0. The monoisotopic (exact) mass is 366 g/mol. The molecule has 2 amide bonds. The van der Waals surface area contributed by atoms with Gasteiger partial charge in [-0.2, -0.15) is 0 Å². The Kier molecular flexibility index (Phi) is 4.51. The van der Waals surface area contributed by atoms with Gasteiger partial charge in [-0.25, -0.2) is 9.78 Å². The molecule has 5 nitrogen and oxygen atoms in total. The zero-order valence-corrected chi connectivity index (χ0v) is 15.9. The van der Waals surface area contributed by atoms with E-state index in [9.17, 15) is 4.79 Å². The van der Waals surface area contributed by atoms with E-state index in [4.69, 9.17) is 4.98 Å². The second kappa shape index (κ2) is 6.96. The summed E-state index contributed by atoms with van der Waals surface area (Å²) >= 11 is 1.73. The highest BCUT2D eigenvalue weighted by atomic mass is 32.1. The molecule has 0 aliphatic carbocycles. The molecule has 0 N–H and O–H groups in total. The average molecular weight is 366 g/mol. The first-order valence-corrected chi connectivity index (χ1v) is 9.69. The number of benzene rings is 1. The van der Waals surface area contributed by atoms with Gasteiger partial charge >= 0.3 is 6.03 Å². The molecule has 6 heteroatoms. The molecule has 1 aromatic carbocycles. The van der Waals surface area contributed by atoms with Crippen LogP contribution in [0.4, 0.5) is 4.79 Å². The zero-order chi connectivity index (χ0) is 18.1. The molecule has 0 bridgehead atoms. The number of imidazole rings is 1. The van der Waals surface area contributed by atoms with Crippen LogP contribution >= 0.6 is 11.3 Å². The lowest BCUT2D eigenvalue weighted by atomic mass is 10.3. The maximum Gasteiger partial charge on any atom is 0.320 e. The summed E-state index contributed by atoms with van der Waals surface area (Å²) in [6, 6.07) is 12.6. The number of para-hydroxylation sites is 2. The quantitative estimate of drug-likeness (QED) is 0.680. The molecule has 0 atom stereocenters. The largest absolute Gasteiger partial charge is 0.326 e. The topological polar surface area (TPSA) is 41.4 Å². The van der Waals surface area contributed by atoms with Gasteiger partial charge in [0.05, 0.1) is 17.6 Å². The SMILES string of the molecule is CCn1c(/C=C/c2ccc(CN3CCN(C)C3=O)s2)nc2ccccc21. The molecule has 0 radical (unpaired) electrons. The number of thiophene rings is 1. The molecular weight excluding hydrogens is 344 g/mol. The van der Waals surface area contributed by atoms with Crippen molar-refractivity contribution in [3.05, 3.63) is 52.0 Å². The third-order valence-electron chi connectivity index (χ3n) is 4.73. The van der Waals surface area contributed by atoms with Crippen LogP contribution in [0.1, 0.15) is 22.5 Å². The number of nitrogens with zero attached hydrogens (tertiary/aromatic N) is 4. The number of carbonyl (C=O) groups excluding carboxylic acids is 1. The summed E-state index contributed by atoms with van der Waals surface area (Å²) in [5.74, 6) is 0.972. The first-order chi connectivity index (χ1) is 12.7. The normalized spacial score (nSPS) is 15.1. The van der Waals surface area contributed by atoms with Crippen molar-refractivity contribution in [2.24, 2.45) is 0 Å². The van der Waals surface area contributed by atoms with Crippen LogP contribution in [0, 0.1) is 0 Å². The standard InChI is InChI=1S/C20H22N4OS/c1-3-24-18-7-5-4-6-17(18)21-19(24)11-10-15-8-9-16(26-15)14-23-13-12-22(2)20(23)25/h4-11H,3,12-14H2,1-2H3/b11-10+. The third-order valence-corrected chi connectivity index (χ3v) is 5.76. The van der Waals surface area contributed by atoms with Gasteiger partial charge < -0.3 is 14.4 Å². The van der Waals surface area contributed by atoms with E-state index < -0.39 is 0 Å². The fraction of sp³-hybridized carbons (Fsp3) is 0.300. The summed E-state index contributed by atoms with van der Waals surface area (Å²) in [6.07, 6.45) is 4.19. The van der Waals surface area contributed by atoms with E-state index in [-0.39, 0.29) is 6.03 Å². The maximum atomic E-state index is 12.0. The Balaban J connectivity index is 1.51. The first-order valence-electron chi connectivity index (χ1n) is 8.88. The first kappa shape index (κ1) is 16.8. The van der Waals surface area contributed by atoms with E-state index in [1.807, 2.05) is 30.1 Å². The van der Waals surface area contributed by atoms with E-state index in [0.717, 1.165) is 36.5 Å². The summed E-state index contributed by atoms with van der Waals surface area (Å²) < 4.78 is 2.22. The van der Waals surface area contributed by atoms with Crippen LogP contribution in [0.2, 0.25) is 0 Å². The fourth-order valence-electron chi connectivity index (χ4n) is 3.32. The Hall–Kier alpha value is -2.60. The van der Waals surface area contributed by atoms with E-state index in [1.54, 1.807) is 16.2 Å². The smallest absolute Gasteiger partial charge is 0.320 e. The zero-order valence-electron chi connectivity index (χ0n) is 15.1. The van der Waals surface area contributed by atoms with Crippen molar-refractivity contribution in [3.63, 3.8) is 0 Å². The predicted molar refractivity (Wildman–Crippen MR) is 107 cm³/mol. The molecule has 4 rings (SSSR count). The van der Waals surface area contributed by atoms with Crippen LogP contribution in [0.5, 0.6) is 0 Å². The van der Waals surface area contributed by atoms with Gasteiger partial charge in [0.25, 0.3) is 0 Å². The van der Waals surface area contributed by atoms with Crippen molar-refractivity contribution in [1.82, 2.24) is 19.4 Å². The lowest BCUT2D eigenvalue weighted by Crippen LogP contribution is -2.28. The number of carbonyl (C=O) groups is 1. The second-order valence-electron chi connectivity index (χ2n) is 6.47. The molecular formula is C20H22N4OS. The number of hydrogen-bond acceptors (Lipinski definition) is 3. The molecule has 0 spiro atoms. The van der Waals surface area contributed by atoms with Crippen molar-refractivity contribution in [3.8, 4) is 0 Å². The molecule has 134 valence electrons. The van der Waals surface area contributed by atoms with Crippen LogP contribution in [-0.4, -0.2) is 45.5 Å². The van der Waals surface area contributed by atoms with Crippen LogP contribution in [-0.2, 0) is 13.1 Å². The molecule has 3 aromatic rings. The van der Waals surface area contributed by atoms with E-state index in [1.165, 1.54) is 9.75 Å². The summed E-state index contributed by atoms with van der Waals surface area (Å²) in [4.78, 5) is 22.8. The molecule has 26 heavy (non-hydrogen) atoms. The highest BCUT2D eigenvalue weighted by Gasteiger charge is 2.25. The minimum Gasteiger partial charge on any atom is -0.326 e. The van der Waals surface area contributed by atoms with E-state index in [2.05, 4.69) is 41.8 Å². The highest BCUT2D eigenvalue weighted by molar-refractivity contribution is 7.12. The van der Waals surface area contributed by atoms with E-state index in [0.29, 0.717) is 6.54 Å². The van der Waals surface area contributed by atoms with Gasteiger partial charge in [-0.05, 0) is 43.3 Å². The van der Waals surface area contributed by atoms with E-state index >= 15 is 0 Å². The number of urea groups is 1. The van der Waals surface area contributed by atoms with Gasteiger partial charge in [-0.15, -0.1) is 11.3 Å². The Morgan fingerprint density at radius 1 is 1.15 bits per heavy atom. The van der Waals surface area contributed by atoms with Gasteiger partial charge in [-0.1, -0.05) is 12.1 Å². The summed E-state index contributed by atoms with van der Waals surface area (Å²) in [6.45, 7) is 5.33. The lowest BCUT2D eigenvalue weighted by molar-refractivity contribution is 0.197. The van der Waals surface area contributed by atoms with Crippen LogP contribution < -0.4 is 0 Å². The van der Waals surface area contributed by atoms with Gasteiger partial charge in [0.1, 0.15) is 5.82 Å². The molecule has 0 saturated carbocycles. The lowest BCUT2D eigenvalue weighted by Gasteiger charge is -2.14. The van der Waals surface area contributed by atoms with Gasteiger partial charge in [0, 0.05) is 36.4 Å². The molecule has 0 unspecified atom stereocenters. The number of rotatable bonds is 5. The average Bonchev–Trinajstić information content (AvgIpc) is 3.33. The van der Waals surface area contributed by atoms with Crippen molar-refractivity contribution >= 4 is 40.6 Å². The Morgan fingerprint density at radius 3 is 2.77 bits per heavy atom. The molecule has 3 heterocycles. The Morgan fingerprint density at radius 2 is 2.00 bits per heavy atom. The Bertz CT molecular complexity index is 971. The number of fused-ring (bicyclic) bond motifs is 1. The molecule has 1 fully saturated rings. The minimum absolute atomic E-state index is 0.118. The molecule has 1 saturated heterocycles. The van der Waals surface area contributed by atoms with Gasteiger partial charge in [-0.3, -0.25) is 0 Å². The van der Waals surface area contributed by atoms with Crippen molar-refractivity contribution < 1.29 is 4.79 Å². The fourth-order valence-corrected chi connectivity index (χ4v) is 4.25. The molecule has 2 aromatic heterocycles. The van der Waals surface area contributed by atoms with Gasteiger partial charge in [0.15, 0.2) is 0 Å². The second-order valence-corrected chi connectivity index (χ2v) is 7.67. The minimum atomic E-state index is 0.118. The molecule has 1 aliphatic rings. The van der Waals surface area contributed by atoms with Crippen LogP contribution in [0.3, 0.4) is 0 Å². The number of likely N-dealkylation sites (N-methyl/N-ethyl adjacent to an activating group) is 1.